The molecule has 0 aliphatic rings. The Kier molecular flexibility index (Phi) is 12.5. The van der Waals surface area contributed by atoms with Gasteiger partial charge in [-0.05, 0) is 41.3 Å². The molecular formula is C21H33BrO3. The van der Waals surface area contributed by atoms with Gasteiger partial charge in [0.25, 0.3) is 0 Å². The molecule has 0 N–H and O–H groups in total. The van der Waals surface area contributed by atoms with E-state index in [1.807, 2.05) is 6.08 Å². The number of ether oxygens (including phenoxy) is 1. The molecular weight excluding hydrogens is 380 g/mol. The van der Waals surface area contributed by atoms with Gasteiger partial charge in [0.1, 0.15) is 5.76 Å². The smallest absolute Gasteiger partial charge is 0.228 e. The molecule has 0 aliphatic carbocycles. The quantitative estimate of drug-likeness (QED) is 0.305. The minimum atomic E-state index is -0.138. The first-order chi connectivity index (χ1) is 12.2. The van der Waals surface area contributed by atoms with Gasteiger partial charge in [0.15, 0.2) is 0 Å². The van der Waals surface area contributed by atoms with Crippen molar-refractivity contribution in [3.63, 3.8) is 0 Å². The van der Waals surface area contributed by atoms with Crippen LogP contribution in [-0.2, 0) is 0 Å². The highest BCUT2D eigenvalue weighted by molar-refractivity contribution is 9.10. The van der Waals surface area contributed by atoms with Gasteiger partial charge >= 0.3 is 0 Å². The van der Waals surface area contributed by atoms with Crippen molar-refractivity contribution >= 4 is 22.0 Å². The van der Waals surface area contributed by atoms with Gasteiger partial charge in [-0.15, -0.1) is 0 Å². The molecule has 1 heterocycles. The molecule has 25 heavy (non-hydrogen) atoms. The molecule has 0 amide bonds. The van der Waals surface area contributed by atoms with E-state index in [1.54, 1.807) is 0 Å². The summed E-state index contributed by atoms with van der Waals surface area (Å²) < 4.78 is 11.5. The first-order valence-corrected chi connectivity index (χ1v) is 10.6. The van der Waals surface area contributed by atoms with Crippen LogP contribution < -0.4 is 10.2 Å². The predicted octanol–water partition coefficient (Wildman–Crippen LogP) is 7.13. The van der Waals surface area contributed by atoms with E-state index in [0.717, 1.165) is 19.3 Å². The summed E-state index contributed by atoms with van der Waals surface area (Å²) in [4.78, 5) is 12.1. The lowest BCUT2D eigenvalue weighted by Gasteiger charge is -2.06. The predicted molar refractivity (Wildman–Crippen MR) is 109 cm³/mol. The lowest BCUT2D eigenvalue weighted by Crippen LogP contribution is -2.09. The minimum absolute atomic E-state index is 0.138. The number of allylic oxidation sites excluding steroid dienone is 1. The molecule has 0 spiro atoms. The zero-order chi connectivity index (χ0) is 18.3. The Morgan fingerprint density at radius 2 is 1.64 bits per heavy atom. The number of halogens is 1. The topological polar surface area (TPSA) is 39.4 Å². The summed E-state index contributed by atoms with van der Waals surface area (Å²) >= 11 is 3.29. The average molecular weight is 413 g/mol. The van der Waals surface area contributed by atoms with Gasteiger partial charge in [-0.25, -0.2) is 0 Å². The summed E-state index contributed by atoms with van der Waals surface area (Å²) in [6, 6.07) is 1.50. The van der Waals surface area contributed by atoms with Crippen LogP contribution in [0.4, 0.5) is 0 Å². The van der Waals surface area contributed by atoms with Gasteiger partial charge in [0, 0.05) is 6.07 Å². The second-order valence-electron chi connectivity index (χ2n) is 6.48. The van der Waals surface area contributed by atoms with Crippen LogP contribution >= 0.6 is 15.9 Å². The third kappa shape index (κ3) is 9.88. The maximum atomic E-state index is 12.1. The van der Waals surface area contributed by atoms with Crippen molar-refractivity contribution in [3.8, 4) is 5.75 Å². The summed E-state index contributed by atoms with van der Waals surface area (Å²) in [7, 11) is 0. The molecule has 1 aromatic rings. The molecule has 0 atom stereocenters. The number of unbranched alkanes of at least 4 members (excludes halogenated alkanes) is 9. The van der Waals surface area contributed by atoms with Gasteiger partial charge in [-0.3, -0.25) is 4.79 Å². The summed E-state index contributed by atoms with van der Waals surface area (Å²) in [6.07, 6.45) is 17.5. The maximum absolute atomic E-state index is 12.1. The van der Waals surface area contributed by atoms with E-state index in [-0.39, 0.29) is 11.2 Å². The zero-order valence-electron chi connectivity index (χ0n) is 15.8. The van der Waals surface area contributed by atoms with Crippen LogP contribution in [0.2, 0.25) is 0 Å². The summed E-state index contributed by atoms with van der Waals surface area (Å²) in [5.41, 5.74) is -0.138. The summed E-state index contributed by atoms with van der Waals surface area (Å²) in [5, 5.41) is 0. The molecule has 4 heteroatoms. The van der Waals surface area contributed by atoms with Gasteiger partial charge in [0.2, 0.25) is 15.8 Å². The number of rotatable bonds is 14. The molecule has 0 bridgehead atoms. The second-order valence-corrected chi connectivity index (χ2v) is 7.20. The molecule has 0 radical (unpaired) electrons. The Hall–Kier alpha value is -1.03. The summed E-state index contributed by atoms with van der Waals surface area (Å²) in [5.74, 6) is 0.841. The van der Waals surface area contributed by atoms with Crippen LogP contribution in [0.1, 0.15) is 90.2 Å². The van der Waals surface area contributed by atoms with Crippen molar-refractivity contribution in [1.29, 1.82) is 0 Å². The monoisotopic (exact) mass is 412 g/mol. The summed E-state index contributed by atoms with van der Waals surface area (Å²) in [6.45, 7) is 4.87. The van der Waals surface area contributed by atoms with Crippen LogP contribution in [0.3, 0.4) is 0 Å². The van der Waals surface area contributed by atoms with E-state index >= 15 is 0 Å². The molecule has 0 aromatic carbocycles. The van der Waals surface area contributed by atoms with Crippen molar-refractivity contribution in [3.05, 3.63) is 32.8 Å². The Labute approximate surface area is 161 Å². The molecule has 1 aromatic heterocycles. The molecule has 142 valence electrons. The normalized spacial score (nSPS) is 11.3. The molecule has 0 fully saturated rings. The third-order valence-corrected chi connectivity index (χ3v) is 4.66. The standard InChI is InChI=1S/C21H33BrO3/c1-3-5-7-8-9-10-11-12-13-14-15-18-17-19(23)20(21(22)25-18)24-16-6-4-2/h14-15,17H,3-13,16H2,1-2H3. The largest absolute Gasteiger partial charge is 0.486 e. The van der Waals surface area contributed by atoms with E-state index in [4.69, 9.17) is 9.15 Å². The molecule has 0 saturated carbocycles. The number of hydrogen-bond donors (Lipinski definition) is 0. The Morgan fingerprint density at radius 1 is 1.00 bits per heavy atom. The average Bonchev–Trinajstić information content (AvgIpc) is 2.59. The zero-order valence-corrected chi connectivity index (χ0v) is 17.4. The highest BCUT2D eigenvalue weighted by Crippen LogP contribution is 2.23. The fourth-order valence-corrected chi connectivity index (χ4v) is 3.09. The molecule has 0 unspecified atom stereocenters. The van der Waals surface area contributed by atoms with Crippen molar-refractivity contribution in [1.82, 2.24) is 0 Å². The SMILES string of the molecule is CCCCCCCCCCC=Cc1cc(=O)c(OCCCC)c(Br)o1. The van der Waals surface area contributed by atoms with E-state index < -0.39 is 0 Å². The van der Waals surface area contributed by atoms with Crippen LogP contribution in [0, 0.1) is 0 Å². The van der Waals surface area contributed by atoms with Crippen LogP contribution in [0.25, 0.3) is 6.08 Å². The highest BCUT2D eigenvalue weighted by Gasteiger charge is 2.10. The first-order valence-electron chi connectivity index (χ1n) is 9.82. The fourth-order valence-electron chi connectivity index (χ4n) is 2.60. The van der Waals surface area contributed by atoms with Crippen LogP contribution in [0.5, 0.6) is 5.75 Å². The molecule has 1 rings (SSSR count). The van der Waals surface area contributed by atoms with E-state index in [9.17, 15) is 4.79 Å². The van der Waals surface area contributed by atoms with Gasteiger partial charge in [-0.2, -0.15) is 0 Å². The maximum Gasteiger partial charge on any atom is 0.228 e. The van der Waals surface area contributed by atoms with Gasteiger partial charge < -0.3 is 9.15 Å². The second kappa shape index (κ2) is 14.2. The van der Waals surface area contributed by atoms with Crippen molar-refractivity contribution < 1.29 is 9.15 Å². The Balaban J connectivity index is 2.29. The minimum Gasteiger partial charge on any atom is -0.486 e. The van der Waals surface area contributed by atoms with Crippen molar-refractivity contribution in [2.45, 2.75) is 84.5 Å². The Bertz CT molecular complexity index is 549. The molecule has 0 aliphatic heterocycles. The highest BCUT2D eigenvalue weighted by atomic mass is 79.9. The van der Waals surface area contributed by atoms with Crippen molar-refractivity contribution in [2.75, 3.05) is 6.61 Å². The number of hydrogen-bond acceptors (Lipinski definition) is 3. The molecule has 3 nitrogen and oxygen atoms in total. The van der Waals surface area contributed by atoms with E-state index in [0.29, 0.717) is 17.0 Å². The molecule has 0 saturated heterocycles. The van der Waals surface area contributed by atoms with Gasteiger partial charge in [-0.1, -0.05) is 71.3 Å². The first kappa shape index (κ1) is 22.0. The van der Waals surface area contributed by atoms with Crippen LogP contribution in [0.15, 0.2) is 26.0 Å². The fraction of sp³-hybridized carbons (Fsp3) is 0.667. The Morgan fingerprint density at radius 3 is 2.28 bits per heavy atom. The van der Waals surface area contributed by atoms with E-state index in [1.165, 1.54) is 57.4 Å². The lowest BCUT2D eigenvalue weighted by molar-refractivity contribution is 0.290. The van der Waals surface area contributed by atoms with Crippen LogP contribution in [-0.4, -0.2) is 6.61 Å². The van der Waals surface area contributed by atoms with E-state index in [2.05, 4.69) is 35.9 Å². The van der Waals surface area contributed by atoms with Crippen molar-refractivity contribution in [2.24, 2.45) is 0 Å². The van der Waals surface area contributed by atoms with Gasteiger partial charge in [0.05, 0.1) is 6.61 Å². The lowest BCUT2D eigenvalue weighted by atomic mass is 10.1. The third-order valence-electron chi connectivity index (χ3n) is 4.13.